The van der Waals surface area contributed by atoms with Crippen molar-refractivity contribution in [1.29, 1.82) is 0 Å². The molecule has 1 aliphatic rings. The Balaban J connectivity index is 1.53. The summed E-state index contributed by atoms with van der Waals surface area (Å²) >= 11 is 0. The summed E-state index contributed by atoms with van der Waals surface area (Å²) in [5.41, 5.74) is 2.43. The van der Waals surface area contributed by atoms with Crippen molar-refractivity contribution in [2.45, 2.75) is 19.3 Å². The summed E-state index contributed by atoms with van der Waals surface area (Å²) in [6.07, 6.45) is 3.71. The van der Waals surface area contributed by atoms with Gasteiger partial charge < -0.3 is 15.5 Å². The zero-order valence-corrected chi connectivity index (χ0v) is 14.2. The van der Waals surface area contributed by atoms with Gasteiger partial charge in [-0.25, -0.2) is 0 Å². The predicted octanol–water partition coefficient (Wildman–Crippen LogP) is 3.05. The maximum atomic E-state index is 12.1. The number of nitrogens with one attached hydrogen (secondary N) is 2. The zero-order valence-electron chi connectivity index (χ0n) is 14.2. The van der Waals surface area contributed by atoms with Crippen molar-refractivity contribution in [3.8, 4) is 0 Å². The Bertz CT molecular complexity index is 725. The summed E-state index contributed by atoms with van der Waals surface area (Å²) in [7, 11) is 0. The van der Waals surface area contributed by atoms with E-state index in [1.807, 2.05) is 24.3 Å². The van der Waals surface area contributed by atoms with E-state index in [0.29, 0.717) is 5.56 Å². The molecule has 2 N–H and O–H groups in total. The minimum absolute atomic E-state index is 0.0539. The maximum absolute atomic E-state index is 12.1. The average molecular weight is 337 g/mol. The van der Waals surface area contributed by atoms with Gasteiger partial charge in [-0.15, -0.1) is 0 Å². The molecule has 0 saturated carbocycles. The summed E-state index contributed by atoms with van der Waals surface area (Å²) in [5.74, 6) is -0.488. The molecule has 1 heterocycles. The van der Waals surface area contributed by atoms with Crippen LogP contribution in [0.2, 0.25) is 0 Å². The summed E-state index contributed by atoms with van der Waals surface area (Å²) in [6.45, 7) is 2.07. The number of benzene rings is 2. The van der Waals surface area contributed by atoms with E-state index in [-0.39, 0.29) is 18.4 Å². The molecule has 0 radical (unpaired) electrons. The van der Waals surface area contributed by atoms with E-state index in [4.69, 9.17) is 0 Å². The zero-order chi connectivity index (χ0) is 17.5. The molecule has 5 heteroatoms. The predicted molar refractivity (Wildman–Crippen MR) is 99.9 cm³/mol. The van der Waals surface area contributed by atoms with E-state index in [9.17, 15) is 9.59 Å². The lowest BCUT2D eigenvalue weighted by molar-refractivity contribution is -0.115. The summed E-state index contributed by atoms with van der Waals surface area (Å²) in [4.78, 5) is 26.4. The highest BCUT2D eigenvalue weighted by Crippen LogP contribution is 2.22. The van der Waals surface area contributed by atoms with Crippen molar-refractivity contribution in [3.05, 3.63) is 60.2 Å². The number of hydrogen-bond acceptors (Lipinski definition) is 3. The second-order valence-electron chi connectivity index (χ2n) is 6.19. The van der Waals surface area contributed by atoms with E-state index >= 15 is 0 Å². The first kappa shape index (κ1) is 17.0. The highest BCUT2D eigenvalue weighted by Gasteiger charge is 2.12. The third-order valence-electron chi connectivity index (χ3n) is 4.30. The molecular formula is C20H23N3O2. The van der Waals surface area contributed by atoms with Gasteiger partial charge in [0.15, 0.2) is 0 Å². The third-order valence-corrected chi connectivity index (χ3v) is 4.30. The minimum atomic E-state index is -0.252. The van der Waals surface area contributed by atoms with Crippen molar-refractivity contribution in [1.82, 2.24) is 5.32 Å². The van der Waals surface area contributed by atoms with Crippen LogP contribution in [0.25, 0.3) is 0 Å². The Morgan fingerprint density at radius 3 is 2.44 bits per heavy atom. The van der Waals surface area contributed by atoms with Crippen LogP contribution in [0, 0.1) is 0 Å². The van der Waals surface area contributed by atoms with Crippen LogP contribution in [0.5, 0.6) is 0 Å². The van der Waals surface area contributed by atoms with Gasteiger partial charge in [-0.2, -0.15) is 0 Å². The van der Waals surface area contributed by atoms with Crippen molar-refractivity contribution in [2.75, 3.05) is 29.9 Å². The number of amides is 2. The molecule has 2 amide bonds. The largest absolute Gasteiger partial charge is 0.371 e. The molecule has 0 atom stereocenters. The lowest BCUT2D eigenvalue weighted by atomic mass is 10.1. The lowest BCUT2D eigenvalue weighted by Crippen LogP contribution is -2.33. The van der Waals surface area contributed by atoms with Crippen LogP contribution in [0.1, 0.15) is 29.6 Å². The summed E-state index contributed by atoms with van der Waals surface area (Å²) in [6, 6.07) is 16.7. The van der Waals surface area contributed by atoms with Gasteiger partial charge in [0.25, 0.3) is 5.91 Å². The highest BCUT2D eigenvalue weighted by atomic mass is 16.2. The highest BCUT2D eigenvalue weighted by molar-refractivity contribution is 5.99. The van der Waals surface area contributed by atoms with Crippen LogP contribution in [0.3, 0.4) is 0 Å². The lowest BCUT2D eigenvalue weighted by Gasteiger charge is -2.29. The number of rotatable bonds is 5. The molecular weight excluding hydrogens is 314 g/mol. The maximum Gasteiger partial charge on any atom is 0.251 e. The number of carbonyl (C=O) groups excluding carboxylic acids is 2. The molecule has 1 aliphatic heterocycles. The minimum Gasteiger partial charge on any atom is -0.371 e. The molecule has 0 spiro atoms. The van der Waals surface area contributed by atoms with E-state index in [1.54, 1.807) is 24.3 Å². The molecule has 2 aromatic carbocycles. The Hall–Kier alpha value is -2.82. The molecule has 3 rings (SSSR count). The van der Waals surface area contributed by atoms with Gasteiger partial charge in [0.1, 0.15) is 0 Å². The van der Waals surface area contributed by atoms with Gasteiger partial charge in [-0.3, -0.25) is 9.59 Å². The fraction of sp³-hybridized carbons (Fsp3) is 0.300. The Morgan fingerprint density at radius 2 is 1.68 bits per heavy atom. The number of carbonyl (C=O) groups is 2. The number of piperidine rings is 1. The molecule has 0 aliphatic carbocycles. The first-order chi connectivity index (χ1) is 12.2. The van der Waals surface area contributed by atoms with Crippen molar-refractivity contribution < 1.29 is 9.59 Å². The van der Waals surface area contributed by atoms with Crippen LogP contribution in [0.15, 0.2) is 54.6 Å². The molecule has 1 saturated heterocycles. The molecule has 0 aromatic heterocycles. The van der Waals surface area contributed by atoms with Crippen LogP contribution in [-0.4, -0.2) is 31.4 Å². The molecule has 0 unspecified atom stereocenters. The summed E-state index contributed by atoms with van der Waals surface area (Å²) < 4.78 is 0. The second-order valence-corrected chi connectivity index (χ2v) is 6.19. The smallest absolute Gasteiger partial charge is 0.251 e. The van der Waals surface area contributed by atoms with Gasteiger partial charge in [0.05, 0.1) is 6.54 Å². The molecule has 0 bridgehead atoms. The number of hydrogen-bond donors (Lipinski definition) is 2. The summed E-state index contributed by atoms with van der Waals surface area (Å²) in [5, 5.41) is 5.48. The van der Waals surface area contributed by atoms with Crippen LogP contribution >= 0.6 is 0 Å². The quantitative estimate of drug-likeness (QED) is 0.881. The van der Waals surface area contributed by atoms with E-state index in [0.717, 1.165) is 24.5 Å². The van der Waals surface area contributed by atoms with E-state index in [1.165, 1.54) is 19.3 Å². The van der Waals surface area contributed by atoms with Gasteiger partial charge >= 0.3 is 0 Å². The molecule has 130 valence electrons. The van der Waals surface area contributed by atoms with Crippen LogP contribution in [-0.2, 0) is 4.79 Å². The fourth-order valence-corrected chi connectivity index (χ4v) is 2.99. The standard InChI is InChI=1S/C20H23N3O2/c24-19(15-21-20(25)16-8-3-1-4-9-16)22-17-10-7-11-18(14-17)23-12-5-2-6-13-23/h1,3-4,7-11,14H,2,5-6,12-13,15H2,(H,21,25)(H,22,24). The van der Waals surface area contributed by atoms with Crippen LogP contribution < -0.4 is 15.5 Å². The van der Waals surface area contributed by atoms with Crippen molar-refractivity contribution >= 4 is 23.2 Å². The SMILES string of the molecule is O=C(CNC(=O)c1ccccc1)Nc1cccc(N2CCCCC2)c1. The molecule has 2 aromatic rings. The van der Waals surface area contributed by atoms with Gasteiger partial charge in [-0.05, 0) is 49.6 Å². The normalized spacial score (nSPS) is 14.0. The van der Waals surface area contributed by atoms with Gasteiger partial charge in [0.2, 0.25) is 5.91 Å². The third kappa shape index (κ3) is 4.83. The molecule has 1 fully saturated rings. The first-order valence-corrected chi connectivity index (χ1v) is 8.70. The Labute approximate surface area is 148 Å². The monoisotopic (exact) mass is 337 g/mol. The number of nitrogens with zero attached hydrogens (tertiary/aromatic N) is 1. The van der Waals surface area contributed by atoms with Crippen molar-refractivity contribution in [3.63, 3.8) is 0 Å². The average Bonchev–Trinajstić information content (AvgIpc) is 2.68. The molecule has 5 nitrogen and oxygen atoms in total. The van der Waals surface area contributed by atoms with Gasteiger partial charge in [-0.1, -0.05) is 24.3 Å². The van der Waals surface area contributed by atoms with E-state index in [2.05, 4.69) is 21.6 Å². The van der Waals surface area contributed by atoms with Crippen LogP contribution in [0.4, 0.5) is 11.4 Å². The Morgan fingerprint density at radius 1 is 0.920 bits per heavy atom. The second kappa shape index (κ2) is 8.33. The van der Waals surface area contributed by atoms with Crippen molar-refractivity contribution in [2.24, 2.45) is 0 Å². The Kier molecular flexibility index (Phi) is 5.67. The van der Waals surface area contributed by atoms with E-state index < -0.39 is 0 Å². The van der Waals surface area contributed by atoms with Gasteiger partial charge in [0, 0.05) is 30.0 Å². The fourth-order valence-electron chi connectivity index (χ4n) is 2.99. The first-order valence-electron chi connectivity index (χ1n) is 8.70. The molecule has 25 heavy (non-hydrogen) atoms. The number of anilines is 2. The topological polar surface area (TPSA) is 61.4 Å².